The molecule has 0 saturated carbocycles. The minimum absolute atomic E-state index is 0.0144. The number of hydrogen-bond acceptors (Lipinski definition) is 3. The summed E-state index contributed by atoms with van der Waals surface area (Å²) in [6, 6.07) is 0. The van der Waals surface area contributed by atoms with Crippen LogP contribution in [0.4, 0.5) is 0 Å². The SMILES string of the molecule is CCC(N)(CC)CNCC1CCOC1. The van der Waals surface area contributed by atoms with Crippen LogP contribution in [0.3, 0.4) is 0 Å². The maximum atomic E-state index is 6.19. The third-order valence-corrected chi connectivity index (χ3v) is 3.34. The van der Waals surface area contributed by atoms with E-state index >= 15 is 0 Å². The van der Waals surface area contributed by atoms with Gasteiger partial charge >= 0.3 is 0 Å². The molecule has 0 aromatic heterocycles. The first-order valence-corrected chi connectivity index (χ1v) is 5.77. The van der Waals surface area contributed by atoms with E-state index in [1.54, 1.807) is 0 Å². The summed E-state index contributed by atoms with van der Waals surface area (Å²) >= 11 is 0. The zero-order valence-electron chi connectivity index (χ0n) is 9.51. The molecule has 1 rings (SSSR count). The van der Waals surface area contributed by atoms with Crippen molar-refractivity contribution in [1.82, 2.24) is 5.32 Å². The second-order valence-corrected chi connectivity index (χ2v) is 4.43. The van der Waals surface area contributed by atoms with Gasteiger partial charge in [0.05, 0.1) is 6.61 Å². The predicted octanol–water partition coefficient (Wildman–Crippen LogP) is 1.13. The first-order chi connectivity index (χ1) is 6.70. The first kappa shape index (κ1) is 12.0. The van der Waals surface area contributed by atoms with Gasteiger partial charge in [-0.3, -0.25) is 0 Å². The molecule has 0 aromatic rings. The van der Waals surface area contributed by atoms with Crippen molar-refractivity contribution < 1.29 is 4.74 Å². The van der Waals surface area contributed by atoms with Gasteiger partial charge in [0.25, 0.3) is 0 Å². The van der Waals surface area contributed by atoms with Gasteiger partial charge in [0.2, 0.25) is 0 Å². The van der Waals surface area contributed by atoms with Crippen LogP contribution in [0.25, 0.3) is 0 Å². The van der Waals surface area contributed by atoms with E-state index in [1.165, 1.54) is 6.42 Å². The molecule has 0 amide bonds. The van der Waals surface area contributed by atoms with Crippen LogP contribution in [0, 0.1) is 5.92 Å². The zero-order valence-corrected chi connectivity index (χ0v) is 9.51. The van der Waals surface area contributed by atoms with E-state index in [0.717, 1.165) is 39.1 Å². The molecule has 3 N–H and O–H groups in total. The smallest absolute Gasteiger partial charge is 0.0507 e. The quantitative estimate of drug-likeness (QED) is 0.675. The number of nitrogens with one attached hydrogen (secondary N) is 1. The van der Waals surface area contributed by atoms with Crippen molar-refractivity contribution in [3.8, 4) is 0 Å². The lowest BCUT2D eigenvalue weighted by Gasteiger charge is -2.27. The van der Waals surface area contributed by atoms with Crippen LogP contribution in [0.5, 0.6) is 0 Å². The molecular formula is C11H24N2O. The van der Waals surface area contributed by atoms with Crippen molar-refractivity contribution in [2.45, 2.75) is 38.6 Å². The summed E-state index contributed by atoms with van der Waals surface area (Å²) in [5.74, 6) is 0.702. The predicted molar refractivity (Wildman–Crippen MR) is 59.3 cm³/mol. The fraction of sp³-hybridized carbons (Fsp3) is 1.00. The number of hydrogen-bond donors (Lipinski definition) is 2. The Labute approximate surface area is 87.4 Å². The molecule has 1 atom stereocenters. The van der Waals surface area contributed by atoms with E-state index in [0.29, 0.717) is 5.92 Å². The molecule has 14 heavy (non-hydrogen) atoms. The van der Waals surface area contributed by atoms with Gasteiger partial charge in [-0.15, -0.1) is 0 Å². The van der Waals surface area contributed by atoms with Gasteiger partial charge in [-0.25, -0.2) is 0 Å². The zero-order chi connectivity index (χ0) is 10.4. The summed E-state index contributed by atoms with van der Waals surface area (Å²) < 4.78 is 5.32. The van der Waals surface area contributed by atoms with Gasteiger partial charge in [-0.05, 0) is 25.2 Å². The summed E-state index contributed by atoms with van der Waals surface area (Å²) in [6.45, 7) is 8.15. The largest absolute Gasteiger partial charge is 0.381 e. The van der Waals surface area contributed by atoms with E-state index in [1.807, 2.05) is 0 Å². The molecule has 0 bridgehead atoms. The number of ether oxygens (including phenoxy) is 1. The van der Waals surface area contributed by atoms with Gasteiger partial charge < -0.3 is 15.8 Å². The highest BCUT2D eigenvalue weighted by molar-refractivity contribution is 4.84. The van der Waals surface area contributed by atoms with Crippen LogP contribution in [-0.4, -0.2) is 31.8 Å². The Balaban J connectivity index is 2.12. The average molecular weight is 200 g/mol. The van der Waals surface area contributed by atoms with Gasteiger partial charge in [0.15, 0.2) is 0 Å². The Morgan fingerprint density at radius 3 is 2.64 bits per heavy atom. The van der Waals surface area contributed by atoms with Crippen LogP contribution in [-0.2, 0) is 4.74 Å². The Morgan fingerprint density at radius 1 is 1.43 bits per heavy atom. The lowest BCUT2D eigenvalue weighted by atomic mass is 9.94. The van der Waals surface area contributed by atoms with Crippen LogP contribution in [0.1, 0.15) is 33.1 Å². The number of rotatable bonds is 6. The highest BCUT2D eigenvalue weighted by Gasteiger charge is 2.21. The van der Waals surface area contributed by atoms with Gasteiger partial charge in [-0.1, -0.05) is 13.8 Å². The molecule has 0 aromatic carbocycles. The van der Waals surface area contributed by atoms with Crippen molar-refractivity contribution >= 4 is 0 Å². The van der Waals surface area contributed by atoms with E-state index < -0.39 is 0 Å². The molecule has 3 nitrogen and oxygen atoms in total. The third kappa shape index (κ3) is 3.56. The molecule has 0 radical (unpaired) electrons. The maximum absolute atomic E-state index is 6.19. The average Bonchev–Trinajstić information content (AvgIpc) is 2.70. The van der Waals surface area contributed by atoms with E-state index in [4.69, 9.17) is 10.5 Å². The Hall–Kier alpha value is -0.120. The molecule has 84 valence electrons. The van der Waals surface area contributed by atoms with Crippen LogP contribution in [0.15, 0.2) is 0 Å². The van der Waals surface area contributed by atoms with Gasteiger partial charge in [0.1, 0.15) is 0 Å². The molecule has 0 aliphatic carbocycles. The molecule has 1 fully saturated rings. The molecule has 1 heterocycles. The molecule has 1 unspecified atom stereocenters. The van der Waals surface area contributed by atoms with Crippen molar-refractivity contribution in [3.63, 3.8) is 0 Å². The Kier molecular flexibility index (Phi) is 4.85. The Morgan fingerprint density at radius 2 is 2.14 bits per heavy atom. The summed E-state index contributed by atoms with van der Waals surface area (Å²) in [5.41, 5.74) is 6.17. The summed E-state index contributed by atoms with van der Waals surface area (Å²) in [6.07, 6.45) is 3.28. The lowest BCUT2D eigenvalue weighted by molar-refractivity contribution is 0.184. The fourth-order valence-corrected chi connectivity index (χ4v) is 1.77. The van der Waals surface area contributed by atoms with Crippen molar-refractivity contribution in [1.29, 1.82) is 0 Å². The van der Waals surface area contributed by atoms with E-state index in [-0.39, 0.29) is 5.54 Å². The highest BCUT2D eigenvalue weighted by atomic mass is 16.5. The number of nitrogens with two attached hydrogens (primary N) is 1. The summed E-state index contributed by atoms with van der Waals surface area (Å²) in [5, 5.41) is 3.46. The standard InChI is InChI=1S/C11H24N2O/c1-3-11(12,4-2)9-13-7-10-5-6-14-8-10/h10,13H,3-9,12H2,1-2H3. The monoisotopic (exact) mass is 200 g/mol. The van der Waals surface area contributed by atoms with E-state index in [9.17, 15) is 0 Å². The normalized spacial score (nSPS) is 22.9. The van der Waals surface area contributed by atoms with Gasteiger partial charge in [-0.2, -0.15) is 0 Å². The molecule has 0 spiro atoms. The summed E-state index contributed by atoms with van der Waals surface area (Å²) in [4.78, 5) is 0. The van der Waals surface area contributed by atoms with Crippen LogP contribution < -0.4 is 11.1 Å². The minimum atomic E-state index is -0.0144. The maximum Gasteiger partial charge on any atom is 0.0507 e. The second-order valence-electron chi connectivity index (χ2n) is 4.43. The van der Waals surface area contributed by atoms with E-state index in [2.05, 4.69) is 19.2 Å². The summed E-state index contributed by atoms with van der Waals surface area (Å²) in [7, 11) is 0. The fourth-order valence-electron chi connectivity index (χ4n) is 1.77. The minimum Gasteiger partial charge on any atom is -0.381 e. The molecule has 1 aliphatic heterocycles. The topological polar surface area (TPSA) is 47.3 Å². The molecule has 1 aliphatic rings. The van der Waals surface area contributed by atoms with Crippen molar-refractivity contribution in [2.24, 2.45) is 11.7 Å². The Bertz CT molecular complexity index is 151. The lowest BCUT2D eigenvalue weighted by Crippen LogP contribution is -2.48. The molecule has 3 heteroatoms. The second kappa shape index (κ2) is 5.69. The molecular weight excluding hydrogens is 176 g/mol. The van der Waals surface area contributed by atoms with Gasteiger partial charge in [0, 0.05) is 25.2 Å². The third-order valence-electron chi connectivity index (χ3n) is 3.34. The highest BCUT2D eigenvalue weighted by Crippen LogP contribution is 2.12. The molecule has 1 saturated heterocycles. The van der Waals surface area contributed by atoms with Crippen LogP contribution in [0.2, 0.25) is 0 Å². The van der Waals surface area contributed by atoms with Crippen LogP contribution >= 0.6 is 0 Å². The van der Waals surface area contributed by atoms with Crippen molar-refractivity contribution in [3.05, 3.63) is 0 Å². The van der Waals surface area contributed by atoms with Crippen molar-refractivity contribution in [2.75, 3.05) is 26.3 Å². The first-order valence-electron chi connectivity index (χ1n) is 5.77.